The third kappa shape index (κ3) is 4.36. The van der Waals surface area contributed by atoms with Gasteiger partial charge in [-0.3, -0.25) is 14.6 Å². The first-order valence-electron chi connectivity index (χ1n) is 9.19. The van der Waals surface area contributed by atoms with Gasteiger partial charge in [-0.05, 0) is 35.7 Å². The first-order chi connectivity index (χ1) is 13.3. The fourth-order valence-electron chi connectivity index (χ4n) is 3.27. The Hall–Kier alpha value is -3.21. The van der Waals surface area contributed by atoms with Crippen molar-refractivity contribution in [3.63, 3.8) is 0 Å². The van der Waals surface area contributed by atoms with E-state index in [9.17, 15) is 14.7 Å². The molecule has 5 nitrogen and oxygen atoms in total. The first kappa shape index (κ1) is 19.5. The van der Waals surface area contributed by atoms with Crippen molar-refractivity contribution >= 4 is 29.3 Å². The number of amides is 1. The van der Waals surface area contributed by atoms with E-state index in [2.05, 4.69) is 4.99 Å². The predicted octanol–water partition coefficient (Wildman–Crippen LogP) is 4.87. The van der Waals surface area contributed by atoms with E-state index >= 15 is 0 Å². The fourth-order valence-corrected chi connectivity index (χ4v) is 3.27. The lowest BCUT2D eigenvalue weighted by atomic mass is 9.77. The van der Waals surface area contributed by atoms with Crippen molar-refractivity contribution in [1.82, 2.24) is 0 Å². The lowest BCUT2D eigenvalue weighted by Gasteiger charge is -2.28. The summed E-state index contributed by atoms with van der Waals surface area (Å²) < 4.78 is 0. The normalized spacial score (nSPS) is 16.5. The molecule has 28 heavy (non-hydrogen) atoms. The molecule has 0 atom stereocenters. The molecular formula is C23H24N2O3. The molecule has 0 spiro atoms. The van der Waals surface area contributed by atoms with Crippen LogP contribution in [0.25, 0.3) is 0 Å². The maximum Gasteiger partial charge on any atom is 0.258 e. The van der Waals surface area contributed by atoms with Crippen molar-refractivity contribution in [2.24, 2.45) is 10.4 Å². The third-order valence-corrected chi connectivity index (χ3v) is 4.78. The Morgan fingerprint density at radius 2 is 1.82 bits per heavy atom. The highest BCUT2D eigenvalue weighted by molar-refractivity contribution is 6.15. The molecule has 0 heterocycles. The fraction of sp³-hybridized carbons (Fsp3) is 0.261. The van der Waals surface area contributed by atoms with Crippen molar-refractivity contribution in [3.8, 4) is 0 Å². The van der Waals surface area contributed by atoms with E-state index in [0.29, 0.717) is 24.1 Å². The van der Waals surface area contributed by atoms with Crippen molar-refractivity contribution in [2.75, 3.05) is 11.9 Å². The van der Waals surface area contributed by atoms with Gasteiger partial charge < -0.3 is 10.0 Å². The number of aliphatic hydroxyl groups is 1. The molecule has 1 aliphatic carbocycles. The second-order valence-corrected chi connectivity index (χ2v) is 7.81. The van der Waals surface area contributed by atoms with Crippen LogP contribution in [0.5, 0.6) is 0 Å². The van der Waals surface area contributed by atoms with Crippen LogP contribution in [0.1, 0.15) is 37.0 Å². The summed E-state index contributed by atoms with van der Waals surface area (Å²) in [4.78, 5) is 30.9. The van der Waals surface area contributed by atoms with Gasteiger partial charge in [0.15, 0.2) is 5.78 Å². The van der Waals surface area contributed by atoms with Gasteiger partial charge in [0.25, 0.3) is 5.91 Å². The summed E-state index contributed by atoms with van der Waals surface area (Å²) in [6.45, 7) is 3.90. The van der Waals surface area contributed by atoms with E-state index in [1.165, 1.54) is 6.21 Å². The zero-order chi connectivity index (χ0) is 20.3. The summed E-state index contributed by atoms with van der Waals surface area (Å²) in [7, 11) is 1.72. The summed E-state index contributed by atoms with van der Waals surface area (Å²) in [5, 5.41) is 10.2. The Labute approximate surface area is 165 Å². The molecule has 0 saturated heterocycles. The van der Waals surface area contributed by atoms with Crippen LogP contribution < -0.4 is 4.90 Å². The number of allylic oxidation sites excluding steroid dienone is 2. The predicted molar refractivity (Wildman–Crippen MR) is 111 cm³/mol. The Balaban J connectivity index is 1.81. The van der Waals surface area contributed by atoms with Gasteiger partial charge >= 0.3 is 0 Å². The Morgan fingerprint density at radius 3 is 2.50 bits per heavy atom. The average Bonchev–Trinajstić information content (AvgIpc) is 2.66. The molecule has 0 saturated carbocycles. The topological polar surface area (TPSA) is 70.0 Å². The van der Waals surface area contributed by atoms with Gasteiger partial charge in [-0.2, -0.15) is 0 Å². The van der Waals surface area contributed by atoms with Crippen LogP contribution in [0.2, 0.25) is 0 Å². The number of carbonyl (C=O) groups is 2. The molecule has 0 fully saturated rings. The molecule has 0 unspecified atom stereocenters. The van der Waals surface area contributed by atoms with Gasteiger partial charge in [0.05, 0.1) is 11.3 Å². The summed E-state index contributed by atoms with van der Waals surface area (Å²) in [5.74, 6) is -0.199. The van der Waals surface area contributed by atoms with Crippen LogP contribution in [-0.2, 0) is 4.79 Å². The molecule has 0 aromatic heterocycles. The molecule has 0 aliphatic heterocycles. The van der Waals surface area contributed by atoms with Gasteiger partial charge in [0.1, 0.15) is 5.76 Å². The number of aliphatic hydroxyl groups excluding tert-OH is 1. The second kappa shape index (κ2) is 7.80. The second-order valence-electron chi connectivity index (χ2n) is 7.81. The number of nitrogens with zero attached hydrogens (tertiary/aromatic N) is 2. The molecule has 1 N–H and O–H groups in total. The van der Waals surface area contributed by atoms with E-state index in [1.54, 1.807) is 36.2 Å². The molecule has 1 aliphatic rings. The maximum absolute atomic E-state index is 12.7. The number of carbonyl (C=O) groups excluding carboxylic acids is 2. The molecule has 0 bridgehead atoms. The lowest BCUT2D eigenvalue weighted by Crippen LogP contribution is -2.26. The molecule has 5 heteroatoms. The van der Waals surface area contributed by atoms with Crippen LogP contribution in [0.15, 0.2) is 70.9 Å². The average molecular weight is 376 g/mol. The number of anilines is 1. The summed E-state index contributed by atoms with van der Waals surface area (Å²) in [5.41, 5.74) is 1.84. The highest BCUT2D eigenvalue weighted by Gasteiger charge is 2.32. The van der Waals surface area contributed by atoms with Gasteiger partial charge in [-0.1, -0.05) is 38.1 Å². The van der Waals surface area contributed by atoms with E-state index in [4.69, 9.17) is 0 Å². The SMILES string of the molecule is CN(C(=O)c1cccc(N=CC2=C(O)CC(C)(C)CC2=O)c1)c1ccccc1. The zero-order valence-corrected chi connectivity index (χ0v) is 16.3. The number of ketones is 1. The molecule has 144 valence electrons. The van der Waals surface area contributed by atoms with E-state index in [1.807, 2.05) is 44.2 Å². The minimum Gasteiger partial charge on any atom is -0.511 e. The highest BCUT2D eigenvalue weighted by Crippen LogP contribution is 2.35. The monoisotopic (exact) mass is 376 g/mol. The van der Waals surface area contributed by atoms with Crippen LogP contribution in [-0.4, -0.2) is 30.1 Å². The molecule has 1 amide bonds. The Morgan fingerprint density at radius 1 is 1.11 bits per heavy atom. The molecule has 2 aromatic carbocycles. The standard InChI is InChI=1S/C23H24N2O3/c1-23(2)13-20(26)19(21(27)14-23)15-24-17-9-7-8-16(12-17)22(28)25(3)18-10-5-4-6-11-18/h4-12,15,26H,13-14H2,1-3H3. The van der Waals surface area contributed by atoms with Gasteiger partial charge in [-0.25, -0.2) is 0 Å². The van der Waals surface area contributed by atoms with Gasteiger partial charge in [-0.15, -0.1) is 0 Å². The van der Waals surface area contributed by atoms with Crippen LogP contribution in [0, 0.1) is 5.41 Å². The van der Waals surface area contributed by atoms with Crippen LogP contribution in [0.4, 0.5) is 11.4 Å². The minimum atomic E-state index is -0.243. The van der Waals surface area contributed by atoms with E-state index in [0.717, 1.165) is 5.69 Å². The molecule has 3 rings (SSSR count). The third-order valence-electron chi connectivity index (χ3n) is 4.78. The smallest absolute Gasteiger partial charge is 0.258 e. The first-order valence-corrected chi connectivity index (χ1v) is 9.19. The largest absolute Gasteiger partial charge is 0.511 e. The minimum absolute atomic E-state index is 0.0704. The van der Waals surface area contributed by atoms with Crippen molar-refractivity contribution < 1.29 is 14.7 Å². The highest BCUT2D eigenvalue weighted by atomic mass is 16.3. The van der Waals surface area contributed by atoms with Crippen molar-refractivity contribution in [3.05, 3.63) is 71.5 Å². The summed E-state index contributed by atoms with van der Waals surface area (Å²) in [6.07, 6.45) is 2.22. The van der Waals surface area contributed by atoms with Crippen LogP contribution >= 0.6 is 0 Å². The lowest BCUT2D eigenvalue weighted by molar-refractivity contribution is -0.117. The molecule has 0 radical (unpaired) electrons. The Kier molecular flexibility index (Phi) is 5.45. The van der Waals surface area contributed by atoms with E-state index < -0.39 is 0 Å². The van der Waals surface area contributed by atoms with Gasteiger partial charge in [0.2, 0.25) is 0 Å². The zero-order valence-electron chi connectivity index (χ0n) is 16.3. The van der Waals surface area contributed by atoms with E-state index in [-0.39, 0.29) is 28.4 Å². The molecular weight excluding hydrogens is 352 g/mol. The number of aliphatic imine (C=N–C) groups is 1. The maximum atomic E-state index is 12.7. The summed E-state index contributed by atoms with van der Waals surface area (Å²) >= 11 is 0. The summed E-state index contributed by atoms with van der Waals surface area (Å²) in [6, 6.07) is 16.3. The van der Waals surface area contributed by atoms with Crippen molar-refractivity contribution in [1.29, 1.82) is 0 Å². The van der Waals surface area contributed by atoms with Crippen molar-refractivity contribution in [2.45, 2.75) is 26.7 Å². The van der Waals surface area contributed by atoms with Crippen LogP contribution in [0.3, 0.4) is 0 Å². The quantitative estimate of drug-likeness (QED) is 0.774. The number of rotatable bonds is 4. The number of hydrogen-bond acceptors (Lipinski definition) is 4. The molecule has 2 aromatic rings. The van der Waals surface area contributed by atoms with Gasteiger partial charge in [0, 0.05) is 37.4 Å². The number of Topliss-reactive ketones (excluding diaryl/α,β-unsaturated/α-hetero) is 1. The number of hydrogen-bond donors (Lipinski definition) is 1. The Bertz CT molecular complexity index is 959. The number of benzene rings is 2. The number of para-hydroxylation sites is 1.